The van der Waals surface area contributed by atoms with Gasteiger partial charge in [-0.2, -0.15) is 0 Å². The van der Waals surface area contributed by atoms with Gasteiger partial charge in [-0.3, -0.25) is 0 Å². The van der Waals surface area contributed by atoms with Crippen molar-refractivity contribution < 1.29 is 34.1 Å². The van der Waals surface area contributed by atoms with Crippen LogP contribution in [-0.4, -0.2) is 29.6 Å². The van der Waals surface area contributed by atoms with Gasteiger partial charge in [0, 0.05) is 73.6 Å². The first-order chi connectivity index (χ1) is 6.00. The summed E-state index contributed by atoms with van der Waals surface area (Å²) in [4.78, 5) is 0. The van der Waals surface area contributed by atoms with Gasteiger partial charge >= 0.3 is 29.6 Å². The van der Waals surface area contributed by atoms with Crippen molar-refractivity contribution in [1.29, 1.82) is 31.6 Å². The van der Waals surface area contributed by atoms with Crippen molar-refractivity contribution in [2.45, 2.75) is 0 Å². The summed E-state index contributed by atoms with van der Waals surface area (Å²) in [5.41, 5.74) is 0. The third-order valence-electron chi connectivity index (χ3n) is 0. The van der Waals surface area contributed by atoms with Gasteiger partial charge in [0.25, 0.3) is 0 Å². The van der Waals surface area contributed by atoms with Crippen molar-refractivity contribution in [3.05, 3.63) is 0 Å². The van der Waals surface area contributed by atoms with Crippen LogP contribution in [0, 0.1) is 71.0 Å². The van der Waals surface area contributed by atoms with Crippen molar-refractivity contribution in [3.8, 4) is 39.4 Å². The Bertz CT molecular complexity index is 101. The third kappa shape index (κ3) is 1500. The Morgan fingerprint density at radius 3 is 0.333 bits per heavy atom. The Morgan fingerprint density at radius 1 is 0.333 bits per heavy atom. The molecular weight excluding hydrogens is 291 g/mol. The van der Waals surface area contributed by atoms with E-state index in [-0.39, 0.29) is 63.7 Å². The summed E-state index contributed by atoms with van der Waals surface area (Å²) in [6.45, 7) is 21.0. The topological polar surface area (TPSA) is 143 Å². The van der Waals surface area contributed by atoms with E-state index >= 15 is 0 Å². The quantitative estimate of drug-likeness (QED) is 0.584. The zero-order chi connectivity index (χ0) is 12.0. The van der Waals surface area contributed by atoms with E-state index in [0.717, 1.165) is 0 Å². The molecule has 9 heteroatoms. The van der Waals surface area contributed by atoms with Crippen LogP contribution in [0.5, 0.6) is 0 Å². The molecule has 15 heavy (non-hydrogen) atoms. The average molecular weight is 298 g/mol. The van der Waals surface area contributed by atoms with E-state index < -0.39 is 0 Å². The summed E-state index contributed by atoms with van der Waals surface area (Å²) < 4.78 is 0. The first-order valence-corrected chi connectivity index (χ1v) is 1.55. The first kappa shape index (κ1) is 95.0. The molecule has 0 saturated carbocycles. The zero-order valence-corrected chi connectivity index (χ0v) is 9.06. The summed E-state index contributed by atoms with van der Waals surface area (Å²) in [7, 11) is 0. The van der Waals surface area contributed by atoms with Crippen LogP contribution in [0.3, 0.4) is 0 Å². The predicted molar refractivity (Wildman–Crippen MR) is 47.2 cm³/mol. The van der Waals surface area contributed by atoms with Gasteiger partial charge in [0.05, 0.1) is 0 Å². The van der Waals surface area contributed by atoms with E-state index in [0.29, 0.717) is 0 Å². The molecule has 0 aliphatic heterocycles. The van der Waals surface area contributed by atoms with Gasteiger partial charge in [0.2, 0.25) is 0 Å². The summed E-state index contributed by atoms with van der Waals surface area (Å²) in [5.74, 6) is 0. The van der Waals surface area contributed by atoms with Crippen molar-refractivity contribution in [3.63, 3.8) is 0 Å². The molecule has 0 spiro atoms. The van der Waals surface area contributed by atoms with E-state index in [9.17, 15) is 0 Å². The molecule has 0 N–H and O–H groups in total. The van der Waals surface area contributed by atoms with Crippen LogP contribution in [0.1, 0.15) is 0 Å². The molecule has 0 atom stereocenters. The first-order valence-electron chi connectivity index (χ1n) is 1.55. The summed E-state index contributed by atoms with van der Waals surface area (Å²) in [5, 5.41) is 39.0. The molecule has 0 fully saturated rings. The van der Waals surface area contributed by atoms with E-state index in [1.54, 1.807) is 0 Å². The molecule has 0 radical (unpaired) electrons. The maximum absolute atomic E-state index is 6.50. The van der Waals surface area contributed by atoms with E-state index in [1.807, 2.05) is 0 Å². The minimum atomic E-state index is 0. The minimum absolute atomic E-state index is 0. The standard InChI is InChI=1S/6CHN.2Fe.Na.H/c6*1-2;;;;/h6*1H;;;;. The Balaban J connectivity index is -0.00000000396. The summed E-state index contributed by atoms with van der Waals surface area (Å²) >= 11 is 0. The average Bonchev–Trinajstić information content (AvgIpc) is 2.33. The van der Waals surface area contributed by atoms with Gasteiger partial charge in [-0.15, -0.1) is 0 Å². The Hall–Kier alpha value is -1.02. The van der Waals surface area contributed by atoms with Crippen LogP contribution >= 0.6 is 0 Å². The number of rotatable bonds is 0. The zero-order valence-electron chi connectivity index (χ0n) is 6.85. The second-order valence-electron chi connectivity index (χ2n) is 0. The van der Waals surface area contributed by atoms with E-state index in [4.69, 9.17) is 31.6 Å². The Kier molecular flexibility index (Phi) is 11300. The van der Waals surface area contributed by atoms with Gasteiger partial charge < -0.3 is 0 Å². The van der Waals surface area contributed by atoms with Crippen LogP contribution in [0.25, 0.3) is 0 Å². The molecule has 0 aliphatic carbocycles. The molecule has 78 valence electrons. The molecule has 0 aromatic heterocycles. The van der Waals surface area contributed by atoms with Crippen LogP contribution in [0.15, 0.2) is 0 Å². The molecule has 0 aromatic rings. The Labute approximate surface area is 134 Å². The Morgan fingerprint density at radius 2 is 0.333 bits per heavy atom. The van der Waals surface area contributed by atoms with Crippen LogP contribution in [0.4, 0.5) is 0 Å². The fourth-order valence-electron chi connectivity index (χ4n) is 0. The van der Waals surface area contributed by atoms with Gasteiger partial charge in [0.1, 0.15) is 0 Å². The van der Waals surface area contributed by atoms with Crippen molar-refractivity contribution in [2.24, 2.45) is 0 Å². The number of hydrogen-bond acceptors (Lipinski definition) is 6. The number of nitriles is 6. The second kappa shape index (κ2) is 1790. The third-order valence-corrected chi connectivity index (χ3v) is 0. The van der Waals surface area contributed by atoms with Crippen molar-refractivity contribution in [1.82, 2.24) is 0 Å². The molecule has 0 bridgehead atoms. The molecule has 0 rings (SSSR count). The van der Waals surface area contributed by atoms with Crippen molar-refractivity contribution >= 4 is 29.6 Å². The molecule has 0 saturated heterocycles. The molecule has 0 heterocycles. The van der Waals surface area contributed by atoms with E-state index in [1.165, 1.54) is 0 Å². The normalized spacial score (nSPS) is 0.800. The van der Waals surface area contributed by atoms with Gasteiger partial charge in [0.15, 0.2) is 0 Å². The van der Waals surface area contributed by atoms with Gasteiger partial charge in [-0.1, -0.05) is 0 Å². The number of nitrogens with zero attached hydrogens (tertiary/aromatic N) is 6. The van der Waals surface area contributed by atoms with Gasteiger partial charge in [-0.25, -0.2) is 31.6 Å². The fraction of sp³-hybridized carbons (Fsp3) is 0. The van der Waals surface area contributed by atoms with Crippen LogP contribution < -0.4 is 0 Å². The monoisotopic (exact) mass is 298 g/mol. The van der Waals surface area contributed by atoms with Crippen LogP contribution in [-0.2, 0) is 34.1 Å². The molecule has 0 aromatic carbocycles. The summed E-state index contributed by atoms with van der Waals surface area (Å²) in [6, 6.07) is 0. The fourth-order valence-corrected chi connectivity index (χ4v) is 0. The molecule has 6 nitrogen and oxygen atoms in total. The van der Waals surface area contributed by atoms with Crippen LogP contribution in [0.2, 0.25) is 0 Å². The van der Waals surface area contributed by atoms with Crippen molar-refractivity contribution in [2.75, 3.05) is 0 Å². The predicted octanol–water partition coefficient (Wildman–Crippen LogP) is 0.185. The molecule has 0 amide bonds. The molecular formula is C6H7Fe2N6Na. The van der Waals surface area contributed by atoms with E-state index in [2.05, 4.69) is 39.4 Å². The SMILES string of the molecule is C#N.C#N.C#N.C#N.C#N.C#N.[Fe].[Fe].[NaH]. The van der Waals surface area contributed by atoms with Gasteiger partial charge in [-0.05, 0) is 0 Å². The number of hydrogen-bond donors (Lipinski definition) is 0. The molecule has 0 unspecified atom stereocenters. The summed E-state index contributed by atoms with van der Waals surface area (Å²) in [6.07, 6.45) is 0. The maximum atomic E-state index is 6.50. The molecule has 0 aliphatic rings. The second-order valence-corrected chi connectivity index (χ2v) is 0.